The quantitative estimate of drug-likeness (QED) is 0.0872. The lowest BCUT2D eigenvalue weighted by Gasteiger charge is -2.25. The summed E-state index contributed by atoms with van der Waals surface area (Å²) in [5, 5.41) is 20.7. The lowest BCUT2D eigenvalue weighted by molar-refractivity contribution is 0.0829. The van der Waals surface area contributed by atoms with Crippen LogP contribution in [0.25, 0.3) is 0 Å². The molecule has 44 heavy (non-hydrogen) atoms. The molecule has 1 amide bonds. The van der Waals surface area contributed by atoms with E-state index in [1.807, 2.05) is 61.5 Å². The van der Waals surface area contributed by atoms with Crippen LogP contribution in [0.1, 0.15) is 38.2 Å². The monoisotopic (exact) mass is 755 g/mol. The van der Waals surface area contributed by atoms with Gasteiger partial charge in [0.25, 0.3) is 5.91 Å². The average molecular weight is 757 g/mol. The number of hydrogen-bond donors (Lipinski definition) is 4. The van der Waals surface area contributed by atoms with Crippen LogP contribution in [0.2, 0.25) is 0 Å². The van der Waals surface area contributed by atoms with Gasteiger partial charge in [0.2, 0.25) is 0 Å². The largest absolute Gasteiger partial charge is 0.390 e. The summed E-state index contributed by atoms with van der Waals surface area (Å²) in [4.78, 5) is 13.4. The van der Waals surface area contributed by atoms with Crippen LogP contribution in [0.15, 0.2) is 91.0 Å². The first-order valence-corrected chi connectivity index (χ1v) is 15.1. The van der Waals surface area contributed by atoms with Gasteiger partial charge in [0, 0.05) is 34.8 Å². The maximum atomic E-state index is 13.9. The van der Waals surface area contributed by atoms with Gasteiger partial charge in [0.1, 0.15) is 11.6 Å². The highest BCUT2D eigenvalue weighted by molar-refractivity contribution is 14.1. The second-order valence-corrected chi connectivity index (χ2v) is 11.8. The van der Waals surface area contributed by atoms with Gasteiger partial charge in [-0.25, -0.2) is 8.78 Å². The second-order valence-electron chi connectivity index (χ2n) is 10.5. The summed E-state index contributed by atoms with van der Waals surface area (Å²) in [5.74, 6) is -1.77. The highest BCUT2D eigenvalue weighted by Crippen LogP contribution is 2.15. The van der Waals surface area contributed by atoms with Crippen LogP contribution in [0, 0.1) is 22.1 Å². The minimum absolute atomic E-state index is 0. The molecule has 2 atom stereocenters. The van der Waals surface area contributed by atoms with E-state index in [9.17, 15) is 18.7 Å². The lowest BCUT2D eigenvalue weighted by atomic mass is 9.99. The molecule has 0 fully saturated rings. The molecule has 4 aromatic rings. The van der Waals surface area contributed by atoms with Crippen molar-refractivity contribution in [2.24, 2.45) is 0 Å². The van der Waals surface area contributed by atoms with E-state index in [0.29, 0.717) is 24.2 Å². The third kappa shape index (κ3) is 12.4. The number of hydrogen-bond acceptors (Lipinski definition) is 4. The van der Waals surface area contributed by atoms with E-state index >= 15 is 0 Å². The Morgan fingerprint density at radius 3 is 2.18 bits per heavy atom. The van der Waals surface area contributed by atoms with Crippen molar-refractivity contribution in [1.29, 1.82) is 0 Å². The topological polar surface area (TPSA) is 73.4 Å². The second kappa shape index (κ2) is 19.0. The molecule has 4 rings (SSSR count). The van der Waals surface area contributed by atoms with Crippen LogP contribution in [-0.4, -0.2) is 36.2 Å². The van der Waals surface area contributed by atoms with Gasteiger partial charge in [0.15, 0.2) is 0 Å². The highest BCUT2D eigenvalue weighted by Gasteiger charge is 2.23. The minimum atomic E-state index is -1.01. The highest BCUT2D eigenvalue weighted by atomic mass is 127. The molecule has 5 nitrogen and oxygen atoms in total. The summed E-state index contributed by atoms with van der Waals surface area (Å²) in [7, 11) is 0. The summed E-state index contributed by atoms with van der Waals surface area (Å²) in [6.45, 7) is 4.04. The number of aliphatic hydroxyl groups is 1. The van der Waals surface area contributed by atoms with Gasteiger partial charge in [0.05, 0.1) is 12.1 Å². The van der Waals surface area contributed by atoms with Gasteiger partial charge in [-0.15, -0.1) is 24.8 Å². The minimum Gasteiger partial charge on any atom is -0.390 e. The maximum Gasteiger partial charge on any atom is 0.251 e. The van der Waals surface area contributed by atoms with E-state index in [4.69, 9.17) is 0 Å². The molecule has 0 unspecified atom stereocenters. The third-order valence-electron chi connectivity index (χ3n) is 6.89. The van der Waals surface area contributed by atoms with Crippen molar-refractivity contribution in [2.45, 2.75) is 45.0 Å². The van der Waals surface area contributed by atoms with Crippen molar-refractivity contribution in [3.8, 4) is 0 Å². The zero-order chi connectivity index (χ0) is 29.9. The number of benzene rings is 4. The number of carbonyl (C=O) groups is 1. The Bertz CT molecular complexity index is 1460. The van der Waals surface area contributed by atoms with E-state index in [0.717, 1.165) is 39.3 Å². The number of carbonyl (C=O) groups excluding carboxylic acids is 1. The van der Waals surface area contributed by atoms with Crippen molar-refractivity contribution < 1.29 is 18.7 Å². The van der Waals surface area contributed by atoms with Gasteiger partial charge in [-0.3, -0.25) is 4.79 Å². The van der Waals surface area contributed by atoms with E-state index in [2.05, 4.69) is 50.7 Å². The fourth-order valence-electron chi connectivity index (χ4n) is 4.88. The zero-order valence-corrected chi connectivity index (χ0v) is 28.2. The van der Waals surface area contributed by atoms with Crippen molar-refractivity contribution in [1.82, 2.24) is 16.0 Å². The number of rotatable bonds is 14. The molecule has 10 heteroatoms. The molecule has 0 radical (unpaired) electrons. The molecule has 236 valence electrons. The molecule has 0 aliphatic heterocycles. The van der Waals surface area contributed by atoms with Crippen LogP contribution in [-0.2, 0) is 25.9 Å². The smallest absolute Gasteiger partial charge is 0.251 e. The van der Waals surface area contributed by atoms with E-state index in [-0.39, 0.29) is 43.7 Å². The van der Waals surface area contributed by atoms with Gasteiger partial charge in [-0.2, -0.15) is 0 Å². The zero-order valence-electron chi connectivity index (χ0n) is 24.4. The number of halogens is 5. The Balaban J connectivity index is 0.00000337. The lowest BCUT2D eigenvalue weighted by Crippen LogP contribution is -2.48. The Morgan fingerprint density at radius 2 is 1.48 bits per heavy atom. The first kappa shape index (κ1) is 37.6. The Kier molecular flexibility index (Phi) is 16.3. The number of amides is 1. The van der Waals surface area contributed by atoms with Crippen molar-refractivity contribution in [3.05, 3.63) is 140 Å². The van der Waals surface area contributed by atoms with Gasteiger partial charge < -0.3 is 21.1 Å². The van der Waals surface area contributed by atoms with E-state index in [1.54, 1.807) is 6.07 Å². The van der Waals surface area contributed by atoms with Crippen molar-refractivity contribution in [2.75, 3.05) is 13.1 Å². The van der Waals surface area contributed by atoms with E-state index in [1.165, 1.54) is 17.7 Å². The summed E-state index contributed by atoms with van der Waals surface area (Å²) in [6, 6.07) is 26.4. The van der Waals surface area contributed by atoms with Crippen molar-refractivity contribution in [3.63, 3.8) is 0 Å². The molecular formula is C34H38Cl2F2IN3O2. The van der Waals surface area contributed by atoms with Gasteiger partial charge in [-0.05, 0) is 108 Å². The molecule has 0 aromatic heterocycles. The molecule has 0 bridgehead atoms. The fraction of sp³-hybridized carbons (Fsp3) is 0.265. The molecule has 4 aromatic carbocycles. The molecule has 0 aliphatic carbocycles. The van der Waals surface area contributed by atoms with Crippen LogP contribution in [0.5, 0.6) is 0 Å². The van der Waals surface area contributed by atoms with Crippen LogP contribution in [0.3, 0.4) is 0 Å². The predicted octanol–water partition coefficient (Wildman–Crippen LogP) is 6.55. The Labute approximate surface area is 284 Å². The Hall–Kier alpha value is -2.60. The number of nitrogens with one attached hydrogen (secondary N) is 3. The van der Waals surface area contributed by atoms with Crippen molar-refractivity contribution >= 4 is 53.3 Å². The summed E-state index contributed by atoms with van der Waals surface area (Å²) in [6.07, 6.45) is -0.0451. The third-order valence-corrected chi connectivity index (χ3v) is 7.56. The molecular weight excluding hydrogens is 718 g/mol. The average Bonchev–Trinajstić information content (AvgIpc) is 2.95. The summed E-state index contributed by atoms with van der Waals surface area (Å²) in [5.41, 5.74) is 5.03. The molecule has 0 spiro atoms. The normalized spacial score (nSPS) is 12.0. The van der Waals surface area contributed by atoms with Crippen LogP contribution < -0.4 is 16.0 Å². The standard InChI is InChI=1S/C34H36F2IN3O2.2ClH/c1-23-12-27(21-38-11-10-24-6-3-2-4-7-24)14-28(13-23)34(42)40-32(18-26-15-29(35)19-30(36)16-26)33(41)22-39-20-25-8-5-9-31(37)17-25;;/h2-9,12-17,19,32-33,38-39,41H,10-11,18,20-22H2,1H3,(H,40,42);2*1H/t32-,33+;;/m0../s1. The summed E-state index contributed by atoms with van der Waals surface area (Å²) >= 11 is 2.24. The first-order chi connectivity index (χ1) is 20.2. The van der Waals surface area contributed by atoms with Crippen LogP contribution >= 0.6 is 47.4 Å². The fourth-order valence-corrected chi connectivity index (χ4v) is 5.48. The number of aryl methyl sites for hydroxylation is 1. The molecule has 0 aliphatic rings. The summed E-state index contributed by atoms with van der Waals surface area (Å²) < 4.78 is 29.0. The van der Waals surface area contributed by atoms with Gasteiger partial charge in [-0.1, -0.05) is 54.1 Å². The predicted molar refractivity (Wildman–Crippen MR) is 186 cm³/mol. The Morgan fingerprint density at radius 1 is 0.795 bits per heavy atom. The SMILES string of the molecule is Cc1cc(CNCCc2ccccc2)cc(C(=O)N[C@@H](Cc2cc(F)cc(F)c2)[C@H](O)CNCc2cccc(I)c2)c1.Cl.Cl. The molecule has 0 saturated carbocycles. The maximum absolute atomic E-state index is 13.9. The molecule has 0 saturated heterocycles. The van der Waals surface area contributed by atoms with Crippen LogP contribution in [0.4, 0.5) is 8.78 Å². The molecule has 0 heterocycles. The molecule has 4 N–H and O–H groups in total. The van der Waals surface area contributed by atoms with E-state index < -0.39 is 23.8 Å². The van der Waals surface area contributed by atoms with Gasteiger partial charge >= 0.3 is 0 Å². The number of aliphatic hydroxyl groups excluding tert-OH is 1. The first-order valence-electron chi connectivity index (χ1n) is 14.0.